The highest BCUT2D eigenvalue weighted by Gasteiger charge is 2.31. The number of anilines is 1. The van der Waals surface area contributed by atoms with Gasteiger partial charge in [-0.15, -0.1) is 11.8 Å². The number of fused-ring (bicyclic) bond motifs is 1. The zero-order chi connectivity index (χ0) is 20.5. The topological polar surface area (TPSA) is 57.7 Å². The molecule has 28 heavy (non-hydrogen) atoms. The fourth-order valence-electron chi connectivity index (χ4n) is 3.14. The van der Waals surface area contributed by atoms with Crippen LogP contribution < -0.4 is 4.90 Å². The number of hydrogen-bond donors (Lipinski definition) is 0. The lowest BCUT2D eigenvalue weighted by atomic mass is 10.2. The number of amides is 1. The molecule has 0 aliphatic carbocycles. The van der Waals surface area contributed by atoms with Crippen LogP contribution in [0.5, 0.6) is 0 Å². The lowest BCUT2D eigenvalue weighted by molar-refractivity contribution is -0.118. The molecular weight excluding hydrogens is 416 g/mol. The van der Waals surface area contributed by atoms with Gasteiger partial charge >= 0.3 is 0 Å². The summed E-state index contributed by atoms with van der Waals surface area (Å²) in [6.07, 6.45) is 1.35. The summed E-state index contributed by atoms with van der Waals surface area (Å²) in [5.74, 6) is 0.0458. The van der Waals surface area contributed by atoms with Gasteiger partial charge in [-0.3, -0.25) is 4.79 Å². The Kier molecular flexibility index (Phi) is 6.39. The van der Waals surface area contributed by atoms with Gasteiger partial charge in [0.15, 0.2) is 0 Å². The number of sulfonamides is 1. The van der Waals surface area contributed by atoms with Crippen molar-refractivity contribution in [3.63, 3.8) is 0 Å². The van der Waals surface area contributed by atoms with Gasteiger partial charge in [0, 0.05) is 36.2 Å². The molecule has 0 unspecified atom stereocenters. The Morgan fingerprint density at radius 1 is 1.21 bits per heavy atom. The molecule has 0 spiro atoms. The first-order valence-electron chi connectivity index (χ1n) is 9.03. The first-order valence-corrected chi connectivity index (χ1v) is 11.7. The van der Waals surface area contributed by atoms with Crippen LogP contribution in [0.15, 0.2) is 52.3 Å². The van der Waals surface area contributed by atoms with Crippen LogP contribution in [0.25, 0.3) is 0 Å². The van der Waals surface area contributed by atoms with Crippen molar-refractivity contribution in [2.75, 3.05) is 25.5 Å². The van der Waals surface area contributed by atoms with E-state index in [4.69, 9.17) is 11.6 Å². The molecule has 1 aliphatic heterocycles. The zero-order valence-electron chi connectivity index (χ0n) is 16.1. The van der Waals surface area contributed by atoms with Crippen molar-refractivity contribution >= 4 is 45.0 Å². The highest BCUT2D eigenvalue weighted by Crippen LogP contribution is 2.34. The van der Waals surface area contributed by atoms with Crippen molar-refractivity contribution in [2.45, 2.75) is 34.8 Å². The second-order valence-corrected chi connectivity index (χ2v) is 10.7. The van der Waals surface area contributed by atoms with Gasteiger partial charge in [-0.25, -0.2) is 12.7 Å². The number of halogens is 1. The predicted molar refractivity (Wildman–Crippen MR) is 115 cm³/mol. The predicted octanol–water partition coefficient (Wildman–Crippen LogP) is 4.05. The summed E-state index contributed by atoms with van der Waals surface area (Å²) in [6, 6.07) is 12.5. The molecule has 0 aromatic heterocycles. The van der Waals surface area contributed by atoms with Gasteiger partial charge in [0.25, 0.3) is 0 Å². The molecule has 5 nitrogen and oxygen atoms in total. The number of carbonyl (C=O) groups excluding carboxylic acids is 1. The molecular formula is C20H23ClN2O3S2. The summed E-state index contributed by atoms with van der Waals surface area (Å²) in [5, 5.41) is 0.456. The average Bonchev–Trinajstić information content (AvgIpc) is 3.10. The third-order valence-electron chi connectivity index (χ3n) is 4.73. The quantitative estimate of drug-likeness (QED) is 0.638. The number of thioether (sulfide) groups is 1. The third-order valence-corrected chi connectivity index (χ3v) is 8.16. The van der Waals surface area contributed by atoms with E-state index in [1.54, 1.807) is 23.1 Å². The van der Waals surface area contributed by atoms with Crippen molar-refractivity contribution in [1.82, 2.24) is 4.31 Å². The van der Waals surface area contributed by atoms with Crippen molar-refractivity contribution < 1.29 is 13.2 Å². The molecule has 0 N–H and O–H groups in total. The summed E-state index contributed by atoms with van der Waals surface area (Å²) in [7, 11) is -0.462. The maximum absolute atomic E-state index is 13.2. The van der Waals surface area contributed by atoms with E-state index in [2.05, 4.69) is 0 Å². The minimum Gasteiger partial charge on any atom is -0.311 e. The van der Waals surface area contributed by atoms with Gasteiger partial charge in [-0.05, 0) is 60.9 Å². The van der Waals surface area contributed by atoms with Crippen molar-refractivity contribution in [2.24, 2.45) is 0 Å². The van der Waals surface area contributed by atoms with Crippen molar-refractivity contribution in [3.8, 4) is 0 Å². The molecule has 3 rings (SSSR count). The molecule has 0 fully saturated rings. The molecule has 0 radical (unpaired) electrons. The summed E-state index contributed by atoms with van der Waals surface area (Å²) in [6.45, 7) is 2.56. The zero-order valence-corrected chi connectivity index (χ0v) is 18.4. The van der Waals surface area contributed by atoms with Gasteiger partial charge in [-0.2, -0.15) is 0 Å². The summed E-state index contributed by atoms with van der Waals surface area (Å²) in [5.41, 5.74) is 1.69. The van der Waals surface area contributed by atoms with Crippen LogP contribution >= 0.6 is 23.4 Å². The highest BCUT2D eigenvalue weighted by atomic mass is 35.5. The monoisotopic (exact) mass is 438 g/mol. The minimum atomic E-state index is -3.49. The van der Waals surface area contributed by atoms with Crippen LogP contribution in [-0.4, -0.2) is 44.5 Å². The Morgan fingerprint density at radius 3 is 2.50 bits per heavy atom. The molecule has 8 heteroatoms. The maximum atomic E-state index is 13.2. The van der Waals surface area contributed by atoms with Crippen molar-refractivity contribution in [3.05, 3.63) is 53.1 Å². The van der Waals surface area contributed by atoms with Crippen LogP contribution in [0.1, 0.15) is 18.9 Å². The Morgan fingerprint density at radius 2 is 1.89 bits per heavy atom. The fraction of sp³-hybridized carbons (Fsp3) is 0.350. The first kappa shape index (κ1) is 21.2. The van der Waals surface area contributed by atoms with E-state index in [-0.39, 0.29) is 16.1 Å². The van der Waals surface area contributed by atoms with Crippen LogP contribution in [-0.2, 0) is 21.2 Å². The smallest absolute Gasteiger partial charge is 0.242 e. The SMILES string of the molecule is CC[C@H](Sc1ccc(Cl)cc1)C(=O)N1CCc2cc(S(=O)(=O)N(C)C)ccc21. The lowest BCUT2D eigenvalue weighted by Crippen LogP contribution is -2.36. The number of hydrogen-bond acceptors (Lipinski definition) is 4. The maximum Gasteiger partial charge on any atom is 0.242 e. The van der Waals surface area contributed by atoms with Gasteiger partial charge in [0.05, 0.1) is 10.1 Å². The fourth-order valence-corrected chi connectivity index (χ4v) is 5.23. The standard InChI is InChI=1S/C20H23ClN2O3S2/c1-4-19(27-16-7-5-15(21)6-8-16)20(24)23-12-11-14-13-17(9-10-18(14)23)28(25,26)22(2)3/h5-10,13,19H,4,11-12H2,1-3H3/t19-/m0/s1. The van der Waals surface area contributed by atoms with E-state index >= 15 is 0 Å². The van der Waals surface area contributed by atoms with Gasteiger partial charge in [0.2, 0.25) is 15.9 Å². The van der Waals surface area contributed by atoms with Gasteiger partial charge in [0.1, 0.15) is 0 Å². The molecule has 0 saturated heterocycles. The summed E-state index contributed by atoms with van der Waals surface area (Å²) in [4.78, 5) is 16.2. The molecule has 2 aromatic carbocycles. The Balaban J connectivity index is 1.82. The summed E-state index contributed by atoms with van der Waals surface area (Å²) < 4.78 is 25.9. The van der Waals surface area contributed by atoms with E-state index in [0.717, 1.165) is 16.1 Å². The Bertz CT molecular complexity index is 975. The highest BCUT2D eigenvalue weighted by molar-refractivity contribution is 8.00. The largest absolute Gasteiger partial charge is 0.311 e. The molecule has 1 amide bonds. The minimum absolute atomic E-state index is 0.0458. The van der Waals surface area contributed by atoms with E-state index in [0.29, 0.717) is 24.4 Å². The number of nitrogens with zero attached hydrogens (tertiary/aromatic N) is 2. The molecule has 2 aromatic rings. The van der Waals surface area contributed by atoms with E-state index in [1.165, 1.54) is 30.2 Å². The van der Waals surface area contributed by atoms with E-state index in [1.807, 2.05) is 31.2 Å². The number of carbonyl (C=O) groups is 1. The van der Waals surface area contributed by atoms with Gasteiger partial charge < -0.3 is 4.90 Å². The van der Waals surface area contributed by atoms with E-state index in [9.17, 15) is 13.2 Å². The van der Waals surface area contributed by atoms with Crippen molar-refractivity contribution in [1.29, 1.82) is 0 Å². The normalized spacial score (nSPS) is 15.0. The number of benzene rings is 2. The summed E-state index contributed by atoms with van der Waals surface area (Å²) >= 11 is 7.46. The van der Waals surface area contributed by atoms with Crippen LogP contribution in [0.3, 0.4) is 0 Å². The average molecular weight is 439 g/mol. The first-order chi connectivity index (χ1) is 13.2. The number of rotatable bonds is 6. The molecule has 1 heterocycles. The van der Waals surface area contributed by atoms with Gasteiger partial charge in [-0.1, -0.05) is 18.5 Å². The molecule has 0 bridgehead atoms. The van der Waals surface area contributed by atoms with Crippen LogP contribution in [0.2, 0.25) is 5.02 Å². The second kappa shape index (κ2) is 8.45. The Hall–Kier alpha value is -1.54. The molecule has 1 aliphatic rings. The molecule has 0 saturated carbocycles. The molecule has 1 atom stereocenters. The Labute approximate surface area is 175 Å². The second-order valence-electron chi connectivity index (χ2n) is 6.79. The van der Waals surface area contributed by atoms with E-state index < -0.39 is 10.0 Å². The van der Waals surface area contributed by atoms with Crippen LogP contribution in [0, 0.1) is 0 Å². The molecule has 150 valence electrons. The lowest BCUT2D eigenvalue weighted by Gasteiger charge is -2.23. The third kappa shape index (κ3) is 4.22. The van der Waals surface area contributed by atoms with Crippen LogP contribution in [0.4, 0.5) is 5.69 Å².